The van der Waals surface area contributed by atoms with Crippen LogP contribution in [0.4, 0.5) is 20.7 Å². The second kappa shape index (κ2) is 8.71. The van der Waals surface area contributed by atoms with Crippen molar-refractivity contribution in [1.82, 2.24) is 14.7 Å². The number of nitrogens with one attached hydrogen (secondary N) is 1. The number of ether oxygens (including phenoxy) is 1. The summed E-state index contributed by atoms with van der Waals surface area (Å²) >= 11 is 0. The van der Waals surface area contributed by atoms with Crippen LogP contribution in [0.3, 0.4) is 0 Å². The Morgan fingerprint density at radius 2 is 2.09 bits per heavy atom. The third-order valence-corrected chi connectivity index (χ3v) is 6.34. The molecule has 3 atom stereocenters. The highest BCUT2D eigenvalue weighted by molar-refractivity contribution is 5.98. The van der Waals surface area contributed by atoms with Crippen molar-refractivity contribution in [2.45, 2.75) is 31.8 Å². The van der Waals surface area contributed by atoms with Gasteiger partial charge < -0.3 is 25.8 Å². The van der Waals surface area contributed by atoms with Gasteiger partial charge in [-0.1, -0.05) is 6.92 Å². The lowest BCUT2D eigenvalue weighted by Gasteiger charge is -2.47. The Balaban J connectivity index is 1.65. The van der Waals surface area contributed by atoms with Crippen LogP contribution < -0.4 is 11.1 Å². The van der Waals surface area contributed by atoms with E-state index in [2.05, 4.69) is 16.5 Å². The smallest absolute Gasteiger partial charge is 0.407 e. The minimum absolute atomic E-state index is 0.118. The monoisotopic (exact) mass is 456 g/mol. The van der Waals surface area contributed by atoms with E-state index in [1.54, 1.807) is 0 Å². The zero-order valence-corrected chi connectivity index (χ0v) is 18.1. The number of nitrogens with two attached hydrogens (primary N) is 1. The maximum atomic E-state index is 13.2. The molecule has 2 saturated heterocycles. The van der Waals surface area contributed by atoms with Crippen LogP contribution in [0, 0.1) is 28.5 Å². The summed E-state index contributed by atoms with van der Waals surface area (Å²) in [6.45, 7) is 3.27. The first kappa shape index (κ1) is 22.5. The first-order valence-electron chi connectivity index (χ1n) is 10.6. The summed E-state index contributed by atoms with van der Waals surface area (Å²) in [5.74, 6) is -1.62. The molecule has 10 nitrogen and oxygen atoms in total. The summed E-state index contributed by atoms with van der Waals surface area (Å²) in [4.78, 5) is 25.3. The van der Waals surface area contributed by atoms with E-state index in [1.165, 1.54) is 40.0 Å². The summed E-state index contributed by atoms with van der Waals surface area (Å²) in [7, 11) is 0. The van der Waals surface area contributed by atoms with Crippen LogP contribution in [0.25, 0.3) is 0 Å². The number of hydrogen-bond donors (Lipinski definition) is 3. The summed E-state index contributed by atoms with van der Waals surface area (Å²) in [5.41, 5.74) is 5.97. The van der Waals surface area contributed by atoms with E-state index in [1.807, 2.05) is 6.92 Å². The van der Waals surface area contributed by atoms with Crippen molar-refractivity contribution < 1.29 is 23.8 Å². The molecule has 1 aromatic heterocycles. The van der Waals surface area contributed by atoms with Gasteiger partial charge in [-0.15, -0.1) is 0 Å². The number of likely N-dealkylation sites (tertiary alicyclic amines) is 1. The molecular weight excluding hydrogens is 431 g/mol. The zero-order chi connectivity index (χ0) is 23.8. The van der Waals surface area contributed by atoms with Gasteiger partial charge in [0.15, 0.2) is 5.82 Å². The van der Waals surface area contributed by atoms with Crippen LogP contribution in [0.5, 0.6) is 0 Å². The van der Waals surface area contributed by atoms with Crippen molar-refractivity contribution >= 4 is 23.5 Å². The highest BCUT2D eigenvalue weighted by atomic mass is 19.1. The average Bonchev–Trinajstić information content (AvgIpc) is 3.17. The molecule has 174 valence electrons. The second-order valence-electron chi connectivity index (χ2n) is 8.93. The number of rotatable bonds is 6. The Morgan fingerprint density at radius 3 is 2.64 bits per heavy atom. The molecule has 2 amide bonds. The minimum Gasteiger partial charge on any atom is -0.465 e. The molecular formula is C22H25FN6O4. The van der Waals surface area contributed by atoms with E-state index in [0.29, 0.717) is 31.7 Å². The van der Waals surface area contributed by atoms with Crippen molar-refractivity contribution in [1.29, 1.82) is 5.26 Å². The average molecular weight is 456 g/mol. The predicted molar refractivity (Wildman–Crippen MR) is 115 cm³/mol. The molecule has 0 aliphatic carbocycles. The standard InChI is InChI=1S/C22H25FN6O4/c1-22(11-33-12-22)8-18-15(9-24)17(6-7-28(18)21(31)32)29-10-16(19(25)30)20(27-29)26-14-4-2-13(23)3-5-14/h2-5,10,15,17-18H,6-8,11-12H2,1H3,(H2,25,30)(H,26,27)(H,31,32)/t15-,17-,18?/m1/s1. The number of primary amides is 1. The van der Waals surface area contributed by atoms with Gasteiger partial charge in [0, 0.05) is 23.8 Å². The first-order valence-corrected chi connectivity index (χ1v) is 10.6. The molecule has 0 bridgehead atoms. The summed E-state index contributed by atoms with van der Waals surface area (Å²) in [5, 5.41) is 27.2. The van der Waals surface area contributed by atoms with Gasteiger partial charge in [-0.2, -0.15) is 10.4 Å². The molecule has 0 radical (unpaired) electrons. The van der Waals surface area contributed by atoms with Gasteiger partial charge in [0.05, 0.1) is 37.3 Å². The largest absolute Gasteiger partial charge is 0.465 e. The Bertz CT molecular complexity index is 1090. The fourth-order valence-electron chi connectivity index (χ4n) is 4.59. The van der Waals surface area contributed by atoms with E-state index in [-0.39, 0.29) is 23.3 Å². The van der Waals surface area contributed by atoms with Gasteiger partial charge in [0.25, 0.3) is 5.91 Å². The number of nitrogens with zero attached hydrogens (tertiary/aromatic N) is 4. The molecule has 0 spiro atoms. The molecule has 4 N–H and O–H groups in total. The molecule has 1 aromatic carbocycles. The molecule has 1 unspecified atom stereocenters. The van der Waals surface area contributed by atoms with Crippen molar-refractivity contribution in [3.8, 4) is 6.07 Å². The third kappa shape index (κ3) is 4.47. The number of anilines is 2. The van der Waals surface area contributed by atoms with Gasteiger partial charge in [-0.3, -0.25) is 9.48 Å². The number of carboxylic acid groups (broad SMARTS) is 1. The molecule has 11 heteroatoms. The minimum atomic E-state index is -1.07. The number of amides is 2. The van der Waals surface area contributed by atoms with Crippen LogP contribution >= 0.6 is 0 Å². The zero-order valence-electron chi connectivity index (χ0n) is 18.1. The summed E-state index contributed by atoms with van der Waals surface area (Å²) in [6, 6.07) is 6.82. The Kier molecular flexibility index (Phi) is 5.95. The van der Waals surface area contributed by atoms with E-state index in [4.69, 9.17) is 10.5 Å². The molecule has 2 aromatic rings. The van der Waals surface area contributed by atoms with Crippen LogP contribution in [-0.2, 0) is 4.74 Å². The number of halogens is 1. The Morgan fingerprint density at radius 1 is 1.39 bits per heavy atom. The normalized spacial score (nSPS) is 23.9. The lowest BCUT2D eigenvalue weighted by Crippen LogP contribution is -2.55. The second-order valence-corrected chi connectivity index (χ2v) is 8.93. The molecule has 33 heavy (non-hydrogen) atoms. The number of carbonyl (C=O) groups excluding carboxylic acids is 1. The maximum Gasteiger partial charge on any atom is 0.407 e. The predicted octanol–water partition coefficient (Wildman–Crippen LogP) is 2.72. The number of piperidine rings is 1. The summed E-state index contributed by atoms with van der Waals surface area (Å²) < 4.78 is 20.1. The van der Waals surface area contributed by atoms with Crippen molar-refractivity contribution in [3.63, 3.8) is 0 Å². The maximum absolute atomic E-state index is 13.2. The van der Waals surface area contributed by atoms with Gasteiger partial charge in [0.1, 0.15) is 11.4 Å². The fourth-order valence-corrected chi connectivity index (χ4v) is 4.59. The number of benzene rings is 1. The molecule has 4 rings (SSSR count). The molecule has 2 fully saturated rings. The van der Waals surface area contributed by atoms with Gasteiger partial charge in [0.2, 0.25) is 0 Å². The number of nitriles is 1. The van der Waals surface area contributed by atoms with Crippen molar-refractivity contribution in [3.05, 3.63) is 41.8 Å². The Hall–Kier alpha value is -3.65. The molecule has 2 aliphatic rings. The van der Waals surface area contributed by atoms with Crippen molar-refractivity contribution in [2.24, 2.45) is 17.1 Å². The van der Waals surface area contributed by atoms with E-state index >= 15 is 0 Å². The van der Waals surface area contributed by atoms with E-state index < -0.39 is 35.8 Å². The summed E-state index contributed by atoms with van der Waals surface area (Å²) in [6.07, 6.45) is 1.24. The van der Waals surface area contributed by atoms with Crippen molar-refractivity contribution in [2.75, 3.05) is 25.1 Å². The Labute approximate surface area is 189 Å². The van der Waals surface area contributed by atoms with Gasteiger partial charge in [-0.05, 0) is 37.1 Å². The van der Waals surface area contributed by atoms with E-state index in [9.17, 15) is 24.3 Å². The van der Waals surface area contributed by atoms with Crippen LogP contribution in [0.15, 0.2) is 30.5 Å². The number of aromatic nitrogens is 2. The third-order valence-electron chi connectivity index (χ3n) is 6.34. The molecule has 2 aliphatic heterocycles. The molecule has 3 heterocycles. The number of hydrogen-bond acceptors (Lipinski definition) is 6. The first-order chi connectivity index (χ1) is 15.7. The quantitative estimate of drug-likeness (QED) is 0.605. The SMILES string of the molecule is CC1(CC2[C@H](C#N)[C@H](n3cc(C(N)=O)c(Nc4ccc(F)cc4)n3)CCN2C(=O)O)COC1. The van der Waals surface area contributed by atoms with Gasteiger partial charge in [-0.25, -0.2) is 9.18 Å². The lowest BCUT2D eigenvalue weighted by molar-refractivity contribution is -0.120. The molecule has 0 saturated carbocycles. The lowest BCUT2D eigenvalue weighted by atomic mass is 9.74. The van der Waals surface area contributed by atoms with Crippen LogP contribution in [0.2, 0.25) is 0 Å². The topological polar surface area (TPSA) is 146 Å². The van der Waals surface area contributed by atoms with Crippen LogP contribution in [0.1, 0.15) is 36.2 Å². The fraction of sp³-hybridized carbons (Fsp3) is 0.455. The highest BCUT2D eigenvalue weighted by Crippen LogP contribution is 2.41. The van der Waals surface area contributed by atoms with Crippen LogP contribution in [-0.4, -0.2) is 57.6 Å². The van der Waals surface area contributed by atoms with E-state index in [0.717, 1.165) is 0 Å². The number of carbonyl (C=O) groups is 2. The van der Waals surface area contributed by atoms with Gasteiger partial charge >= 0.3 is 6.09 Å². The highest BCUT2D eigenvalue weighted by Gasteiger charge is 2.47.